The highest BCUT2D eigenvalue weighted by Gasteiger charge is 2.14. The van der Waals surface area contributed by atoms with E-state index in [1.54, 1.807) is 32.4 Å². The molecule has 0 fully saturated rings. The van der Waals surface area contributed by atoms with E-state index in [4.69, 9.17) is 21.1 Å². The van der Waals surface area contributed by atoms with Gasteiger partial charge >= 0.3 is 0 Å². The van der Waals surface area contributed by atoms with Gasteiger partial charge in [-0.2, -0.15) is 0 Å². The lowest BCUT2D eigenvalue weighted by molar-refractivity contribution is -0.113. The van der Waals surface area contributed by atoms with Crippen molar-refractivity contribution in [2.75, 3.05) is 25.3 Å². The van der Waals surface area contributed by atoms with E-state index in [1.807, 2.05) is 31.2 Å². The summed E-state index contributed by atoms with van der Waals surface area (Å²) in [6, 6.07) is 12.9. The van der Waals surface area contributed by atoms with Crippen LogP contribution in [0.25, 0.3) is 0 Å². The lowest BCUT2D eigenvalue weighted by Crippen LogP contribution is -2.15. The van der Waals surface area contributed by atoms with Gasteiger partial charge in [0.25, 0.3) is 0 Å². The Hall–Kier alpha value is -1.85. The lowest BCUT2D eigenvalue weighted by atomic mass is 10.2. The fourth-order valence-electron chi connectivity index (χ4n) is 2.19. The van der Waals surface area contributed by atoms with Crippen molar-refractivity contribution in [3.05, 3.63) is 53.1 Å². The number of ether oxygens (including phenoxy) is 2. The smallest absolute Gasteiger partial charge is 0.234 e. The number of carbonyl (C=O) groups is 1. The van der Waals surface area contributed by atoms with Crippen LogP contribution < -0.4 is 14.8 Å². The van der Waals surface area contributed by atoms with E-state index >= 15 is 0 Å². The highest BCUT2D eigenvalue weighted by Crippen LogP contribution is 2.33. The standard InChI is InChI=1S/C18H20ClNO3S/c1-12(14-6-4-5-7-15(14)19)24-11-18(21)20-16-10-13(22-2)8-9-17(16)23-3/h4-10,12H,11H2,1-3H3,(H,20,21). The highest BCUT2D eigenvalue weighted by atomic mass is 35.5. The van der Waals surface area contributed by atoms with Crippen LogP contribution in [0.4, 0.5) is 5.69 Å². The predicted octanol–water partition coefficient (Wildman–Crippen LogP) is 4.79. The van der Waals surface area contributed by atoms with Crippen LogP contribution in [0.15, 0.2) is 42.5 Å². The predicted molar refractivity (Wildman–Crippen MR) is 101 cm³/mol. The zero-order chi connectivity index (χ0) is 17.5. The van der Waals surface area contributed by atoms with Gasteiger partial charge in [0.05, 0.1) is 25.7 Å². The Balaban J connectivity index is 1.97. The number of hydrogen-bond donors (Lipinski definition) is 1. The molecule has 0 radical (unpaired) electrons. The third-order valence-corrected chi connectivity index (χ3v) is 5.02. The molecule has 0 aliphatic rings. The molecule has 2 aromatic rings. The third kappa shape index (κ3) is 4.82. The second-order valence-electron chi connectivity index (χ2n) is 5.09. The van der Waals surface area contributed by atoms with Gasteiger partial charge in [-0.05, 0) is 30.7 Å². The number of thioether (sulfide) groups is 1. The Morgan fingerprint density at radius 1 is 1.21 bits per heavy atom. The summed E-state index contributed by atoms with van der Waals surface area (Å²) in [6.07, 6.45) is 0. The summed E-state index contributed by atoms with van der Waals surface area (Å²) in [5.41, 5.74) is 1.61. The van der Waals surface area contributed by atoms with Crippen LogP contribution in [0.3, 0.4) is 0 Å². The summed E-state index contributed by atoms with van der Waals surface area (Å²) in [5.74, 6) is 1.45. The van der Waals surface area contributed by atoms with Gasteiger partial charge in [-0.25, -0.2) is 0 Å². The summed E-state index contributed by atoms with van der Waals surface area (Å²) >= 11 is 7.72. The number of carbonyl (C=O) groups excluding carboxylic acids is 1. The molecular weight excluding hydrogens is 346 g/mol. The zero-order valence-electron chi connectivity index (χ0n) is 13.8. The molecule has 1 amide bonds. The molecule has 24 heavy (non-hydrogen) atoms. The normalized spacial score (nSPS) is 11.7. The van der Waals surface area contributed by atoms with Gasteiger partial charge in [0.15, 0.2) is 0 Å². The van der Waals surface area contributed by atoms with Crippen molar-refractivity contribution in [2.45, 2.75) is 12.2 Å². The van der Waals surface area contributed by atoms with Gasteiger partial charge in [-0.3, -0.25) is 4.79 Å². The number of benzene rings is 2. The number of halogens is 1. The second kappa shape index (κ2) is 8.85. The van der Waals surface area contributed by atoms with Gasteiger partial charge in [0, 0.05) is 16.3 Å². The summed E-state index contributed by atoms with van der Waals surface area (Å²) < 4.78 is 10.4. The first kappa shape index (κ1) is 18.5. The summed E-state index contributed by atoms with van der Waals surface area (Å²) in [5, 5.41) is 3.70. The van der Waals surface area contributed by atoms with Crippen LogP contribution in [-0.2, 0) is 4.79 Å². The minimum Gasteiger partial charge on any atom is -0.497 e. The minimum absolute atomic E-state index is 0.106. The van der Waals surface area contributed by atoms with Crippen LogP contribution in [0, 0.1) is 0 Å². The van der Waals surface area contributed by atoms with Crippen molar-refractivity contribution in [1.82, 2.24) is 0 Å². The maximum atomic E-state index is 12.2. The van der Waals surface area contributed by atoms with E-state index in [0.717, 1.165) is 5.56 Å². The Morgan fingerprint density at radius 2 is 1.96 bits per heavy atom. The fraction of sp³-hybridized carbons (Fsp3) is 0.278. The number of hydrogen-bond acceptors (Lipinski definition) is 4. The Labute approximate surface area is 151 Å². The van der Waals surface area contributed by atoms with E-state index in [9.17, 15) is 4.79 Å². The molecule has 0 aliphatic heterocycles. The Kier molecular flexibility index (Phi) is 6.82. The molecule has 128 valence electrons. The number of anilines is 1. The minimum atomic E-state index is -0.106. The lowest BCUT2D eigenvalue weighted by Gasteiger charge is -2.14. The Morgan fingerprint density at radius 3 is 2.62 bits per heavy atom. The first-order chi connectivity index (χ1) is 11.5. The Bertz CT molecular complexity index is 708. The van der Waals surface area contributed by atoms with Crippen LogP contribution in [0.5, 0.6) is 11.5 Å². The summed E-state index contributed by atoms with van der Waals surface area (Å²) in [7, 11) is 3.14. The molecule has 0 saturated heterocycles. The molecule has 0 bridgehead atoms. The van der Waals surface area contributed by atoms with E-state index in [2.05, 4.69) is 5.32 Å². The van der Waals surface area contributed by atoms with E-state index in [0.29, 0.717) is 28.0 Å². The van der Waals surface area contributed by atoms with Gasteiger partial charge in [0.2, 0.25) is 5.91 Å². The molecule has 1 N–H and O–H groups in total. The average molecular weight is 366 g/mol. The maximum absolute atomic E-state index is 12.2. The second-order valence-corrected chi connectivity index (χ2v) is 6.83. The fourth-order valence-corrected chi connectivity index (χ4v) is 3.42. The molecule has 4 nitrogen and oxygen atoms in total. The van der Waals surface area contributed by atoms with Gasteiger partial charge < -0.3 is 14.8 Å². The molecule has 0 heterocycles. The first-order valence-corrected chi connectivity index (χ1v) is 8.85. The summed E-state index contributed by atoms with van der Waals surface area (Å²) in [4.78, 5) is 12.2. The van der Waals surface area contributed by atoms with Crippen LogP contribution in [0.2, 0.25) is 5.02 Å². The van der Waals surface area contributed by atoms with E-state index in [1.165, 1.54) is 11.8 Å². The van der Waals surface area contributed by atoms with Crippen molar-refractivity contribution >= 4 is 35.0 Å². The highest BCUT2D eigenvalue weighted by molar-refractivity contribution is 8.00. The molecule has 2 rings (SSSR count). The van der Waals surface area contributed by atoms with E-state index < -0.39 is 0 Å². The quantitative estimate of drug-likeness (QED) is 0.766. The SMILES string of the molecule is COc1ccc(OC)c(NC(=O)CSC(C)c2ccccc2Cl)c1. The molecule has 1 unspecified atom stereocenters. The zero-order valence-corrected chi connectivity index (χ0v) is 15.4. The van der Waals surface area contributed by atoms with Crippen LogP contribution in [0.1, 0.15) is 17.7 Å². The van der Waals surface area contributed by atoms with Crippen LogP contribution in [-0.4, -0.2) is 25.9 Å². The van der Waals surface area contributed by atoms with Crippen molar-refractivity contribution in [3.63, 3.8) is 0 Å². The number of amides is 1. The molecule has 0 saturated carbocycles. The van der Waals surface area contributed by atoms with Gasteiger partial charge in [0.1, 0.15) is 11.5 Å². The van der Waals surface area contributed by atoms with Gasteiger partial charge in [-0.15, -0.1) is 11.8 Å². The number of rotatable bonds is 7. The maximum Gasteiger partial charge on any atom is 0.234 e. The molecule has 0 spiro atoms. The molecule has 6 heteroatoms. The summed E-state index contributed by atoms with van der Waals surface area (Å²) in [6.45, 7) is 2.03. The van der Waals surface area contributed by atoms with Crippen molar-refractivity contribution < 1.29 is 14.3 Å². The third-order valence-electron chi connectivity index (χ3n) is 3.49. The molecular formula is C18H20ClNO3S. The first-order valence-electron chi connectivity index (χ1n) is 7.43. The molecule has 0 aliphatic carbocycles. The number of methoxy groups -OCH3 is 2. The molecule has 1 atom stereocenters. The van der Waals surface area contributed by atoms with Crippen LogP contribution >= 0.6 is 23.4 Å². The van der Waals surface area contributed by atoms with Crippen molar-refractivity contribution in [1.29, 1.82) is 0 Å². The van der Waals surface area contributed by atoms with Crippen molar-refractivity contribution in [2.24, 2.45) is 0 Å². The largest absolute Gasteiger partial charge is 0.497 e. The van der Waals surface area contributed by atoms with Gasteiger partial charge in [-0.1, -0.05) is 29.8 Å². The molecule has 2 aromatic carbocycles. The number of nitrogens with one attached hydrogen (secondary N) is 1. The molecule has 0 aromatic heterocycles. The van der Waals surface area contributed by atoms with Crippen molar-refractivity contribution in [3.8, 4) is 11.5 Å². The topological polar surface area (TPSA) is 47.6 Å². The monoisotopic (exact) mass is 365 g/mol. The average Bonchev–Trinajstić information content (AvgIpc) is 2.60. The van der Waals surface area contributed by atoms with E-state index in [-0.39, 0.29) is 11.2 Å².